The Bertz CT molecular complexity index is 1050. The number of fused-ring (bicyclic) bond motifs is 3. The minimum Gasteiger partial charge on any atom is -0.507 e. The van der Waals surface area contributed by atoms with E-state index in [1.807, 2.05) is 18.2 Å². The Morgan fingerprint density at radius 2 is 1.97 bits per heavy atom. The van der Waals surface area contributed by atoms with E-state index in [9.17, 15) is 19.7 Å². The third kappa shape index (κ3) is 5.30. The minimum atomic E-state index is -0.947. The number of benzene rings is 1. The molecule has 0 bridgehead atoms. The molecule has 2 heterocycles. The van der Waals surface area contributed by atoms with Gasteiger partial charge in [0.1, 0.15) is 5.75 Å². The molecule has 1 aromatic carbocycles. The fraction of sp³-hybridized carbons (Fsp3) is 0.556. The van der Waals surface area contributed by atoms with E-state index >= 15 is 0 Å². The van der Waals surface area contributed by atoms with Gasteiger partial charge in [0.25, 0.3) is 0 Å². The molecule has 0 aromatic heterocycles. The molecule has 188 valence electrons. The molecule has 3 aliphatic rings. The van der Waals surface area contributed by atoms with Gasteiger partial charge in [0.2, 0.25) is 11.8 Å². The van der Waals surface area contributed by atoms with Crippen LogP contribution in [0.25, 0.3) is 6.08 Å². The second-order valence-electron chi connectivity index (χ2n) is 10.1. The average molecular weight is 544 g/mol. The third-order valence-electron chi connectivity index (χ3n) is 7.73. The van der Waals surface area contributed by atoms with Crippen LogP contribution in [0.15, 0.2) is 39.4 Å². The molecule has 2 saturated heterocycles. The summed E-state index contributed by atoms with van der Waals surface area (Å²) >= 11 is 3.48. The lowest BCUT2D eigenvalue weighted by Crippen LogP contribution is -2.46. The maximum Gasteiger partial charge on any atom is 0.455 e. The fourth-order valence-corrected chi connectivity index (χ4v) is 6.61. The number of amides is 2. The van der Waals surface area contributed by atoms with Gasteiger partial charge in [-0.05, 0) is 68.1 Å². The van der Waals surface area contributed by atoms with Crippen LogP contribution in [0.2, 0.25) is 6.32 Å². The first kappa shape index (κ1) is 26.2. The van der Waals surface area contributed by atoms with Crippen molar-refractivity contribution in [3.05, 3.63) is 45.0 Å². The second kappa shape index (κ2) is 11.0. The molecule has 2 N–H and O–H groups in total. The van der Waals surface area contributed by atoms with Crippen LogP contribution < -0.4 is 0 Å². The zero-order chi connectivity index (χ0) is 25.3. The number of carbonyl (C=O) groups excluding carboxylic acids is 2. The van der Waals surface area contributed by atoms with Crippen LogP contribution in [0.5, 0.6) is 5.75 Å². The first-order valence-corrected chi connectivity index (χ1v) is 13.6. The Morgan fingerprint density at radius 3 is 2.69 bits per heavy atom. The number of halogens is 1. The van der Waals surface area contributed by atoms with Crippen LogP contribution in [0.1, 0.15) is 64.4 Å². The molecule has 0 spiro atoms. The zero-order valence-electron chi connectivity index (χ0n) is 20.8. The summed E-state index contributed by atoms with van der Waals surface area (Å²) < 4.78 is 7.00. The van der Waals surface area contributed by atoms with Gasteiger partial charge in [-0.1, -0.05) is 59.8 Å². The molecule has 0 saturated carbocycles. The molecule has 1 aliphatic carbocycles. The Labute approximate surface area is 216 Å². The highest BCUT2D eigenvalue weighted by atomic mass is 79.9. The first-order valence-electron chi connectivity index (χ1n) is 12.8. The van der Waals surface area contributed by atoms with Crippen LogP contribution in [0, 0.1) is 17.8 Å². The van der Waals surface area contributed by atoms with E-state index in [4.69, 9.17) is 4.65 Å². The number of phenolic OH excluding ortho intramolecular Hbond substituents is 1. The summed E-state index contributed by atoms with van der Waals surface area (Å²) in [6, 6.07) is 5.40. The zero-order valence-corrected chi connectivity index (χ0v) is 22.4. The standard InChI is InChI=1S/C27H35BBrNO5/c1-4-6-16(12-18-13-19(29)9-10-22(18)31)8-11-23-24-17(7-5-2)14-20-25(21(24)15-28(34)35-23)27(33)30(3)26(20)32/h9-10,12-13,20-21,23,25,31,34H,4-8,11,14-15H2,1-3H3/b16-12+/t20-,21+,23-,25-/m1/s1. The smallest absolute Gasteiger partial charge is 0.455 e. The number of aromatic hydroxyl groups is 1. The Hall–Kier alpha value is -1.90. The maximum atomic E-state index is 13.0. The van der Waals surface area contributed by atoms with Crippen LogP contribution in [-0.2, 0) is 14.2 Å². The highest BCUT2D eigenvalue weighted by Gasteiger charge is 2.56. The van der Waals surface area contributed by atoms with Gasteiger partial charge in [-0.25, -0.2) is 0 Å². The SMILES string of the molecule is CCCC1=C2[C@@H](CC/C(=C/c3cc(Br)ccc3O)CCC)OB(O)C[C@@H]2[C@@H]2C(=O)N(C)C(=O)[C@@H]2C1. The largest absolute Gasteiger partial charge is 0.507 e. The second-order valence-corrected chi connectivity index (χ2v) is 11.0. The van der Waals surface area contributed by atoms with Crippen LogP contribution in [0.4, 0.5) is 0 Å². The lowest BCUT2D eigenvalue weighted by Gasteiger charge is -2.43. The Balaban J connectivity index is 1.63. The molecule has 35 heavy (non-hydrogen) atoms. The molecule has 8 heteroatoms. The average Bonchev–Trinajstić information content (AvgIpc) is 3.03. The van der Waals surface area contributed by atoms with Crippen LogP contribution in [-0.4, -0.2) is 47.1 Å². The third-order valence-corrected chi connectivity index (χ3v) is 8.22. The summed E-state index contributed by atoms with van der Waals surface area (Å²) in [5.41, 5.74) is 4.36. The van der Waals surface area contributed by atoms with Crippen molar-refractivity contribution in [2.75, 3.05) is 7.05 Å². The summed E-state index contributed by atoms with van der Waals surface area (Å²) in [6.45, 7) is 4.26. The summed E-state index contributed by atoms with van der Waals surface area (Å²) in [5, 5.41) is 20.9. The number of phenols is 1. The van der Waals surface area contributed by atoms with Gasteiger partial charge in [0.05, 0.1) is 17.9 Å². The minimum absolute atomic E-state index is 0.0906. The van der Waals surface area contributed by atoms with E-state index in [1.54, 1.807) is 13.1 Å². The van der Waals surface area contributed by atoms with Crippen LogP contribution >= 0.6 is 15.9 Å². The van der Waals surface area contributed by atoms with Gasteiger partial charge in [-0.15, -0.1) is 0 Å². The monoisotopic (exact) mass is 543 g/mol. The van der Waals surface area contributed by atoms with Gasteiger partial charge in [-0.2, -0.15) is 0 Å². The number of rotatable bonds is 8. The molecule has 2 amide bonds. The molecule has 2 fully saturated rings. The summed E-state index contributed by atoms with van der Waals surface area (Å²) in [7, 11) is 0.631. The molecule has 4 atom stereocenters. The normalized spacial score (nSPS) is 26.9. The maximum absolute atomic E-state index is 13.0. The Morgan fingerprint density at radius 1 is 1.20 bits per heavy atom. The predicted octanol–water partition coefficient (Wildman–Crippen LogP) is 5.35. The molecule has 6 nitrogen and oxygen atoms in total. The molecular formula is C27H35BBrNO5. The van der Waals surface area contributed by atoms with Crippen molar-refractivity contribution >= 4 is 40.9 Å². The fourth-order valence-electron chi connectivity index (χ4n) is 6.23. The van der Waals surface area contributed by atoms with Crippen molar-refractivity contribution in [1.29, 1.82) is 0 Å². The number of likely N-dealkylation sites (tertiary alicyclic amines) is 1. The highest BCUT2D eigenvalue weighted by Crippen LogP contribution is 2.51. The summed E-state index contributed by atoms with van der Waals surface area (Å²) in [6.07, 6.45) is 7.89. The molecule has 0 radical (unpaired) electrons. The van der Waals surface area contributed by atoms with Crippen molar-refractivity contribution in [3.63, 3.8) is 0 Å². The van der Waals surface area contributed by atoms with Crippen molar-refractivity contribution in [2.24, 2.45) is 17.8 Å². The molecule has 4 rings (SSSR count). The van der Waals surface area contributed by atoms with Crippen molar-refractivity contribution in [2.45, 2.75) is 71.2 Å². The number of imide groups is 1. The van der Waals surface area contributed by atoms with E-state index < -0.39 is 13.0 Å². The summed E-state index contributed by atoms with van der Waals surface area (Å²) in [5.74, 6) is -0.837. The van der Waals surface area contributed by atoms with Crippen molar-refractivity contribution in [3.8, 4) is 5.75 Å². The number of allylic oxidation sites excluding steroid dienone is 2. The van der Waals surface area contributed by atoms with E-state index in [-0.39, 0.29) is 35.5 Å². The van der Waals surface area contributed by atoms with Gasteiger partial charge < -0.3 is 14.8 Å². The molecule has 0 unspecified atom stereocenters. The van der Waals surface area contributed by atoms with Gasteiger partial charge in [0, 0.05) is 17.1 Å². The van der Waals surface area contributed by atoms with E-state index in [0.717, 1.165) is 47.7 Å². The van der Waals surface area contributed by atoms with Gasteiger partial charge in [-0.3, -0.25) is 14.5 Å². The number of carbonyl (C=O) groups is 2. The Kier molecular flexibility index (Phi) is 8.24. The molecule has 1 aromatic rings. The van der Waals surface area contributed by atoms with Gasteiger partial charge >= 0.3 is 7.12 Å². The predicted molar refractivity (Wildman–Crippen MR) is 140 cm³/mol. The number of hydrogen-bond acceptors (Lipinski definition) is 5. The highest BCUT2D eigenvalue weighted by molar-refractivity contribution is 9.10. The molecule has 2 aliphatic heterocycles. The van der Waals surface area contributed by atoms with E-state index in [2.05, 4.69) is 29.8 Å². The lowest BCUT2D eigenvalue weighted by atomic mass is 9.58. The number of hydrogen-bond donors (Lipinski definition) is 2. The first-order chi connectivity index (χ1) is 16.7. The lowest BCUT2D eigenvalue weighted by molar-refractivity contribution is -0.138. The van der Waals surface area contributed by atoms with E-state index in [1.165, 1.54) is 16.0 Å². The summed E-state index contributed by atoms with van der Waals surface area (Å²) in [4.78, 5) is 27.1. The quantitative estimate of drug-likeness (QED) is 0.262. The van der Waals surface area contributed by atoms with Crippen molar-refractivity contribution < 1.29 is 24.4 Å². The molecular weight excluding hydrogens is 509 g/mol. The topological polar surface area (TPSA) is 87.1 Å². The number of nitrogens with zero attached hydrogens (tertiary/aromatic N) is 1. The van der Waals surface area contributed by atoms with E-state index in [0.29, 0.717) is 19.2 Å². The van der Waals surface area contributed by atoms with Crippen molar-refractivity contribution in [1.82, 2.24) is 4.90 Å². The van der Waals surface area contributed by atoms with Gasteiger partial charge in [0.15, 0.2) is 0 Å². The van der Waals surface area contributed by atoms with Crippen LogP contribution in [0.3, 0.4) is 0 Å².